The molecular weight excluding hydrogens is 314 g/mol. The lowest BCUT2D eigenvalue weighted by molar-refractivity contribution is -0.156. The van der Waals surface area contributed by atoms with Gasteiger partial charge in [-0.3, -0.25) is 0 Å². The number of aromatic nitrogens is 3. The maximum absolute atomic E-state index is 13.3. The van der Waals surface area contributed by atoms with Gasteiger partial charge in [-0.2, -0.15) is 0 Å². The number of rotatable bonds is 1. The molecular formula is C20H23N3O2. The number of nitrogens with zero attached hydrogens (tertiary/aromatic N) is 3. The molecule has 2 aromatic rings. The topological polar surface area (TPSA) is 48.9 Å². The first kappa shape index (κ1) is 15.0. The monoisotopic (exact) mass is 337 g/mol. The Morgan fingerprint density at radius 1 is 1.00 bits per heavy atom. The normalized spacial score (nSPS) is 37.9. The predicted octanol–water partition coefficient (Wildman–Crippen LogP) is 2.52. The summed E-state index contributed by atoms with van der Waals surface area (Å²) in [4.78, 5) is 26.4. The molecule has 0 radical (unpaired) electrons. The molecule has 5 nitrogen and oxygen atoms in total. The number of fused-ring (bicyclic) bond motifs is 1. The summed E-state index contributed by atoms with van der Waals surface area (Å²) in [6, 6.07) is 9.21. The minimum Gasteiger partial charge on any atom is -0.246 e. The first-order chi connectivity index (χ1) is 11.7. The van der Waals surface area contributed by atoms with Gasteiger partial charge in [0.2, 0.25) is 0 Å². The van der Waals surface area contributed by atoms with Gasteiger partial charge in [0.25, 0.3) is 0 Å². The maximum atomic E-state index is 13.3. The molecule has 0 amide bonds. The molecule has 1 saturated carbocycles. The summed E-state index contributed by atoms with van der Waals surface area (Å²) in [5, 5.41) is 0. The average Bonchev–Trinajstić information content (AvgIpc) is 3.11. The predicted molar refractivity (Wildman–Crippen MR) is 96.0 cm³/mol. The minimum atomic E-state index is -0.371. The van der Waals surface area contributed by atoms with Gasteiger partial charge < -0.3 is 0 Å². The summed E-state index contributed by atoms with van der Waals surface area (Å²) in [5.74, 6) is 0.432. The van der Waals surface area contributed by atoms with E-state index in [1.807, 2.05) is 30.3 Å². The van der Waals surface area contributed by atoms with E-state index in [0.29, 0.717) is 18.2 Å². The van der Waals surface area contributed by atoms with Crippen molar-refractivity contribution in [3.63, 3.8) is 0 Å². The van der Waals surface area contributed by atoms with Crippen LogP contribution in [-0.4, -0.2) is 13.9 Å². The summed E-state index contributed by atoms with van der Waals surface area (Å²) >= 11 is 0. The third kappa shape index (κ3) is 1.12. The van der Waals surface area contributed by atoms with Gasteiger partial charge in [-0.05, 0) is 38.8 Å². The first-order valence-electron chi connectivity index (χ1n) is 8.94. The number of allylic oxidation sites excluding steroid dienone is 2. The fraction of sp³-hybridized carbons (Fsp3) is 0.500. The van der Waals surface area contributed by atoms with Crippen LogP contribution >= 0.6 is 0 Å². The number of para-hydroxylation sites is 1. The van der Waals surface area contributed by atoms with E-state index in [4.69, 9.17) is 0 Å². The van der Waals surface area contributed by atoms with Crippen molar-refractivity contribution in [3.8, 4) is 5.69 Å². The third-order valence-corrected chi connectivity index (χ3v) is 8.36. The largest absolute Gasteiger partial charge is 0.352 e. The highest BCUT2D eigenvalue weighted by Crippen LogP contribution is 2.82. The lowest BCUT2D eigenvalue weighted by Crippen LogP contribution is -2.70. The molecule has 1 aromatic carbocycles. The van der Waals surface area contributed by atoms with E-state index in [1.54, 1.807) is 9.36 Å². The molecule has 1 spiro atoms. The quantitative estimate of drug-likeness (QED) is 0.751. The Kier molecular flexibility index (Phi) is 2.35. The summed E-state index contributed by atoms with van der Waals surface area (Å²) < 4.78 is 4.77. The van der Waals surface area contributed by atoms with Gasteiger partial charge in [0.1, 0.15) is 0 Å². The Morgan fingerprint density at radius 2 is 1.64 bits per heavy atom. The second-order valence-electron chi connectivity index (χ2n) is 8.32. The molecule has 2 heterocycles. The zero-order valence-corrected chi connectivity index (χ0v) is 15.3. The van der Waals surface area contributed by atoms with Crippen molar-refractivity contribution >= 4 is 0 Å². The second kappa shape index (κ2) is 3.92. The van der Waals surface area contributed by atoms with Gasteiger partial charge in [0.15, 0.2) is 0 Å². The van der Waals surface area contributed by atoms with Crippen molar-refractivity contribution in [2.24, 2.45) is 16.7 Å². The van der Waals surface area contributed by atoms with Crippen LogP contribution in [-0.2, 0) is 12.1 Å². The van der Waals surface area contributed by atoms with Crippen molar-refractivity contribution in [3.05, 3.63) is 62.4 Å². The van der Waals surface area contributed by atoms with E-state index in [0.717, 1.165) is 0 Å². The fourth-order valence-corrected chi connectivity index (χ4v) is 6.73. The molecule has 6 rings (SSSR count). The molecule has 25 heavy (non-hydrogen) atoms. The van der Waals surface area contributed by atoms with Crippen LogP contribution in [0.1, 0.15) is 34.6 Å². The van der Waals surface area contributed by atoms with Gasteiger partial charge in [-0.15, -0.1) is 0 Å². The van der Waals surface area contributed by atoms with Gasteiger partial charge in [0, 0.05) is 10.8 Å². The van der Waals surface area contributed by atoms with Crippen LogP contribution in [0.15, 0.2) is 51.1 Å². The van der Waals surface area contributed by atoms with Gasteiger partial charge in [-0.1, -0.05) is 43.2 Å². The third-order valence-electron chi connectivity index (χ3n) is 8.36. The molecule has 0 N–H and O–H groups in total. The van der Waals surface area contributed by atoms with Crippen LogP contribution in [0.2, 0.25) is 0 Å². The van der Waals surface area contributed by atoms with Crippen LogP contribution in [0, 0.1) is 16.7 Å². The lowest BCUT2D eigenvalue weighted by atomic mass is 9.39. The van der Waals surface area contributed by atoms with Crippen molar-refractivity contribution in [2.75, 3.05) is 0 Å². The minimum absolute atomic E-state index is 0.0888. The lowest BCUT2D eigenvalue weighted by Gasteiger charge is -2.65. The number of hydrogen-bond donors (Lipinski definition) is 0. The zero-order chi connectivity index (χ0) is 17.9. The van der Waals surface area contributed by atoms with Gasteiger partial charge in [-0.25, -0.2) is 23.5 Å². The molecule has 3 aliphatic carbocycles. The fourth-order valence-electron chi connectivity index (χ4n) is 6.73. The van der Waals surface area contributed by atoms with Crippen molar-refractivity contribution in [1.82, 2.24) is 13.9 Å². The highest BCUT2D eigenvalue weighted by molar-refractivity contribution is 5.52. The van der Waals surface area contributed by atoms with Crippen LogP contribution in [0.25, 0.3) is 5.69 Å². The highest BCUT2D eigenvalue weighted by Gasteiger charge is 2.84. The van der Waals surface area contributed by atoms with E-state index in [1.165, 1.54) is 15.7 Å². The second-order valence-corrected chi connectivity index (χ2v) is 8.32. The van der Waals surface area contributed by atoms with Crippen molar-refractivity contribution in [2.45, 2.75) is 46.7 Å². The summed E-state index contributed by atoms with van der Waals surface area (Å²) in [5.41, 5.74) is 2.37. The molecule has 1 fully saturated rings. The molecule has 1 aromatic heterocycles. The Labute approximate surface area is 146 Å². The Bertz CT molecular complexity index is 1090. The van der Waals surface area contributed by atoms with Crippen LogP contribution in [0.3, 0.4) is 0 Å². The van der Waals surface area contributed by atoms with E-state index < -0.39 is 0 Å². The molecule has 0 saturated heterocycles. The first-order valence-corrected chi connectivity index (χ1v) is 8.94. The zero-order valence-electron chi connectivity index (χ0n) is 15.3. The maximum Gasteiger partial charge on any atom is 0.352 e. The van der Waals surface area contributed by atoms with Crippen LogP contribution in [0.4, 0.5) is 0 Å². The van der Waals surface area contributed by atoms with Gasteiger partial charge >= 0.3 is 11.4 Å². The highest BCUT2D eigenvalue weighted by atomic mass is 16.2. The van der Waals surface area contributed by atoms with E-state index >= 15 is 0 Å². The average molecular weight is 337 g/mol. The molecule has 1 aliphatic heterocycles. The molecule has 5 heteroatoms. The van der Waals surface area contributed by atoms with Crippen LogP contribution in [0.5, 0.6) is 0 Å². The Hall–Kier alpha value is -2.30. The van der Waals surface area contributed by atoms with Crippen LogP contribution < -0.4 is 11.4 Å². The molecule has 4 atom stereocenters. The SMILES string of the molecule is CC1=C(C)C23Cn4c(=O)n(-c5ccccc5)c(=O)n4C2(C)C1(C)C3C. The molecule has 4 unspecified atom stereocenters. The summed E-state index contributed by atoms with van der Waals surface area (Å²) in [6.07, 6.45) is 0. The van der Waals surface area contributed by atoms with E-state index in [9.17, 15) is 9.59 Å². The van der Waals surface area contributed by atoms with E-state index in [2.05, 4.69) is 34.6 Å². The van der Waals surface area contributed by atoms with Crippen molar-refractivity contribution in [1.29, 1.82) is 0 Å². The standard InChI is InChI=1S/C20H23N3O2/c1-12-13(2)20-11-21-16(24)22(15-9-7-6-8-10-15)17(25)23(21)19(20,5)18(12,4)14(20)3/h6-10,14H,11H2,1-5H3. The summed E-state index contributed by atoms with van der Waals surface area (Å²) in [7, 11) is 0. The molecule has 130 valence electrons. The van der Waals surface area contributed by atoms with Crippen molar-refractivity contribution < 1.29 is 0 Å². The smallest absolute Gasteiger partial charge is 0.246 e. The number of hydrogen-bond acceptors (Lipinski definition) is 2. The Balaban J connectivity index is 1.83. The Morgan fingerprint density at radius 3 is 2.24 bits per heavy atom. The van der Waals surface area contributed by atoms with Gasteiger partial charge in [0.05, 0.1) is 17.8 Å². The molecule has 2 bridgehead atoms. The number of benzene rings is 1. The molecule has 4 aliphatic rings. The summed E-state index contributed by atoms with van der Waals surface area (Å²) in [6.45, 7) is 11.7. The van der Waals surface area contributed by atoms with E-state index in [-0.39, 0.29) is 27.7 Å².